The molecule has 0 N–H and O–H groups in total. The molecular formula is C16H20N2O5S. The Morgan fingerprint density at radius 2 is 2.00 bits per heavy atom. The largest absolute Gasteiger partial charge is 0.497 e. The molecule has 0 radical (unpaired) electrons. The number of ether oxygens (including phenoxy) is 2. The molecule has 3 fully saturated rings. The molecule has 3 saturated heterocycles. The average Bonchev–Trinajstić information content (AvgIpc) is 3.07. The van der Waals surface area contributed by atoms with E-state index in [1.165, 1.54) is 23.5 Å². The summed E-state index contributed by atoms with van der Waals surface area (Å²) in [5, 5.41) is 0. The van der Waals surface area contributed by atoms with Crippen LogP contribution in [0.4, 0.5) is 0 Å². The molecule has 8 heteroatoms. The van der Waals surface area contributed by atoms with Crippen LogP contribution in [0.15, 0.2) is 29.2 Å². The van der Waals surface area contributed by atoms with Crippen molar-refractivity contribution in [2.75, 3.05) is 26.8 Å². The van der Waals surface area contributed by atoms with Crippen molar-refractivity contribution in [1.29, 1.82) is 0 Å². The first-order valence-electron chi connectivity index (χ1n) is 8.09. The molecule has 130 valence electrons. The maximum atomic E-state index is 13.1. The van der Waals surface area contributed by atoms with Gasteiger partial charge in [-0.3, -0.25) is 4.79 Å². The molecule has 24 heavy (non-hydrogen) atoms. The minimum atomic E-state index is -3.68. The summed E-state index contributed by atoms with van der Waals surface area (Å²) < 4.78 is 38.6. The molecule has 1 amide bonds. The molecule has 7 nitrogen and oxygen atoms in total. The zero-order chi connectivity index (χ0) is 16.9. The SMILES string of the molecule is COc1ccc(S(=O)(=O)N2CC[C@@]34OCCCN3C(=O)C[C@@H]24)cc1. The van der Waals surface area contributed by atoms with Gasteiger partial charge < -0.3 is 14.4 Å². The number of carbonyl (C=O) groups is 1. The van der Waals surface area contributed by atoms with Crippen LogP contribution in [0.2, 0.25) is 0 Å². The second kappa shape index (κ2) is 5.44. The topological polar surface area (TPSA) is 76.2 Å². The number of carbonyl (C=O) groups excluding carboxylic acids is 1. The van der Waals surface area contributed by atoms with Gasteiger partial charge in [-0.25, -0.2) is 8.42 Å². The van der Waals surface area contributed by atoms with Crippen molar-refractivity contribution in [3.63, 3.8) is 0 Å². The summed E-state index contributed by atoms with van der Waals surface area (Å²) in [4.78, 5) is 14.3. The second-order valence-electron chi connectivity index (χ2n) is 6.35. The Kier molecular flexibility index (Phi) is 3.59. The van der Waals surface area contributed by atoms with Gasteiger partial charge in [-0.1, -0.05) is 0 Å². The standard InChI is InChI=1S/C16H20N2O5S/c1-22-12-3-5-13(6-4-12)24(20,21)18-9-7-16-14(18)11-15(19)17(16)8-2-10-23-16/h3-6,14H,2,7-11H2,1H3/t14-,16+/m1/s1. The van der Waals surface area contributed by atoms with Gasteiger partial charge >= 0.3 is 0 Å². The van der Waals surface area contributed by atoms with Gasteiger partial charge in [0.15, 0.2) is 5.72 Å². The van der Waals surface area contributed by atoms with Crippen LogP contribution >= 0.6 is 0 Å². The van der Waals surface area contributed by atoms with Crippen LogP contribution in [-0.4, -0.2) is 62.1 Å². The number of amides is 1. The molecular weight excluding hydrogens is 332 g/mol. The lowest BCUT2D eigenvalue weighted by molar-refractivity contribution is -0.178. The molecule has 3 aliphatic heterocycles. The summed E-state index contributed by atoms with van der Waals surface area (Å²) in [6.07, 6.45) is 1.51. The first-order valence-corrected chi connectivity index (χ1v) is 9.53. The van der Waals surface area contributed by atoms with Crippen molar-refractivity contribution in [2.45, 2.75) is 35.9 Å². The zero-order valence-corrected chi connectivity index (χ0v) is 14.3. The van der Waals surface area contributed by atoms with Crippen LogP contribution in [0.1, 0.15) is 19.3 Å². The van der Waals surface area contributed by atoms with Crippen molar-refractivity contribution in [3.8, 4) is 5.75 Å². The number of hydrogen-bond donors (Lipinski definition) is 0. The quantitative estimate of drug-likeness (QED) is 0.805. The van der Waals surface area contributed by atoms with E-state index in [2.05, 4.69) is 0 Å². The lowest BCUT2D eigenvalue weighted by atomic mass is 10.0. The Hall–Kier alpha value is -1.64. The van der Waals surface area contributed by atoms with Crippen LogP contribution in [0.3, 0.4) is 0 Å². The second-order valence-corrected chi connectivity index (χ2v) is 8.24. The normalized spacial score (nSPS) is 30.3. The van der Waals surface area contributed by atoms with Crippen molar-refractivity contribution >= 4 is 15.9 Å². The lowest BCUT2D eigenvalue weighted by Gasteiger charge is -2.42. The summed E-state index contributed by atoms with van der Waals surface area (Å²) in [6, 6.07) is 5.88. The third-order valence-corrected chi connectivity index (χ3v) is 7.15. The minimum absolute atomic E-state index is 0.0191. The number of nitrogens with zero attached hydrogens (tertiary/aromatic N) is 2. The number of sulfonamides is 1. The molecule has 1 spiro atoms. The van der Waals surface area contributed by atoms with E-state index in [0.717, 1.165) is 6.42 Å². The van der Waals surface area contributed by atoms with Crippen LogP contribution in [-0.2, 0) is 19.6 Å². The first kappa shape index (κ1) is 15.9. The maximum absolute atomic E-state index is 13.1. The summed E-state index contributed by atoms with van der Waals surface area (Å²) in [6.45, 7) is 1.57. The molecule has 2 atom stereocenters. The van der Waals surface area contributed by atoms with Gasteiger partial charge in [0.1, 0.15) is 5.75 Å². The average molecular weight is 352 g/mol. The van der Waals surface area contributed by atoms with E-state index in [1.807, 2.05) is 0 Å². The summed E-state index contributed by atoms with van der Waals surface area (Å²) in [5.41, 5.74) is -0.769. The Labute approximate surface area is 141 Å². The summed E-state index contributed by atoms with van der Waals surface area (Å²) >= 11 is 0. The smallest absolute Gasteiger partial charge is 0.243 e. The summed E-state index contributed by atoms with van der Waals surface area (Å²) in [7, 11) is -2.14. The van der Waals surface area contributed by atoms with Crippen LogP contribution < -0.4 is 4.74 Å². The van der Waals surface area contributed by atoms with E-state index in [9.17, 15) is 13.2 Å². The van der Waals surface area contributed by atoms with Crippen molar-refractivity contribution in [2.24, 2.45) is 0 Å². The van der Waals surface area contributed by atoms with Gasteiger partial charge in [0.25, 0.3) is 0 Å². The molecule has 3 aliphatic rings. The van der Waals surface area contributed by atoms with Crippen molar-refractivity contribution in [3.05, 3.63) is 24.3 Å². The Morgan fingerprint density at radius 3 is 2.71 bits per heavy atom. The van der Waals surface area contributed by atoms with Crippen LogP contribution in [0, 0.1) is 0 Å². The zero-order valence-electron chi connectivity index (χ0n) is 13.5. The Morgan fingerprint density at radius 1 is 1.25 bits per heavy atom. The number of rotatable bonds is 3. The van der Waals surface area contributed by atoms with E-state index in [4.69, 9.17) is 9.47 Å². The van der Waals surface area contributed by atoms with Crippen molar-refractivity contribution in [1.82, 2.24) is 9.21 Å². The molecule has 0 saturated carbocycles. The maximum Gasteiger partial charge on any atom is 0.243 e. The molecule has 0 bridgehead atoms. The third kappa shape index (κ3) is 2.09. The molecule has 0 unspecified atom stereocenters. The van der Waals surface area contributed by atoms with Crippen LogP contribution in [0.5, 0.6) is 5.75 Å². The van der Waals surface area contributed by atoms with E-state index >= 15 is 0 Å². The van der Waals surface area contributed by atoms with E-state index in [-0.39, 0.29) is 17.2 Å². The van der Waals surface area contributed by atoms with Gasteiger partial charge in [-0.05, 0) is 30.7 Å². The highest BCUT2D eigenvalue weighted by Crippen LogP contribution is 2.46. The number of benzene rings is 1. The van der Waals surface area contributed by atoms with Gasteiger partial charge in [-0.15, -0.1) is 0 Å². The van der Waals surface area contributed by atoms with Crippen molar-refractivity contribution < 1.29 is 22.7 Å². The molecule has 0 aromatic heterocycles. The number of methoxy groups -OCH3 is 1. The van der Waals surface area contributed by atoms with Gasteiger partial charge in [-0.2, -0.15) is 4.31 Å². The summed E-state index contributed by atoms with van der Waals surface area (Å²) in [5.74, 6) is 0.582. The molecule has 4 rings (SSSR count). The van der Waals surface area contributed by atoms with Gasteiger partial charge in [0.2, 0.25) is 15.9 Å². The highest BCUT2D eigenvalue weighted by Gasteiger charge is 2.63. The highest BCUT2D eigenvalue weighted by atomic mass is 32.2. The van der Waals surface area contributed by atoms with Gasteiger partial charge in [0, 0.05) is 25.9 Å². The fourth-order valence-corrected chi connectivity index (χ4v) is 5.74. The van der Waals surface area contributed by atoms with Crippen LogP contribution in [0.25, 0.3) is 0 Å². The van der Waals surface area contributed by atoms with E-state index in [1.54, 1.807) is 17.0 Å². The number of hydrogen-bond acceptors (Lipinski definition) is 5. The lowest BCUT2D eigenvalue weighted by Crippen LogP contribution is -2.56. The molecule has 3 heterocycles. The highest BCUT2D eigenvalue weighted by molar-refractivity contribution is 7.89. The molecule has 1 aromatic carbocycles. The first-order chi connectivity index (χ1) is 11.5. The third-order valence-electron chi connectivity index (χ3n) is 5.23. The van der Waals surface area contributed by atoms with E-state index in [0.29, 0.717) is 31.9 Å². The van der Waals surface area contributed by atoms with Gasteiger partial charge in [0.05, 0.1) is 24.7 Å². The fourth-order valence-electron chi connectivity index (χ4n) is 4.08. The van der Waals surface area contributed by atoms with E-state index < -0.39 is 21.8 Å². The predicted octanol–water partition coefficient (Wildman–Crippen LogP) is 0.807. The molecule has 1 aromatic rings. The predicted molar refractivity (Wildman–Crippen MR) is 84.9 cm³/mol. The Balaban J connectivity index is 1.68. The monoisotopic (exact) mass is 352 g/mol. The Bertz CT molecular complexity index is 763. The molecule has 0 aliphatic carbocycles. The fraction of sp³-hybridized carbons (Fsp3) is 0.562. The minimum Gasteiger partial charge on any atom is -0.497 e.